The summed E-state index contributed by atoms with van der Waals surface area (Å²) in [7, 11) is 0. The van der Waals surface area contributed by atoms with Gasteiger partial charge in [-0.1, -0.05) is 6.07 Å². The van der Waals surface area contributed by atoms with Crippen LogP contribution in [0.5, 0.6) is 0 Å². The van der Waals surface area contributed by atoms with Crippen molar-refractivity contribution < 1.29 is 0 Å². The van der Waals surface area contributed by atoms with Crippen molar-refractivity contribution in [3.63, 3.8) is 0 Å². The van der Waals surface area contributed by atoms with Crippen LogP contribution in [0.1, 0.15) is 5.69 Å². The van der Waals surface area contributed by atoms with Gasteiger partial charge in [0.25, 0.3) is 0 Å². The van der Waals surface area contributed by atoms with E-state index in [4.69, 9.17) is 10.7 Å². The fourth-order valence-electron chi connectivity index (χ4n) is 2.62. The Morgan fingerprint density at radius 3 is 2.73 bits per heavy atom. The topological polar surface area (TPSA) is 56.2 Å². The van der Waals surface area contributed by atoms with Crippen LogP contribution in [0.2, 0.25) is 0 Å². The lowest BCUT2D eigenvalue weighted by atomic mass is 10.2. The van der Waals surface area contributed by atoms with Crippen LogP contribution in [0.4, 0.5) is 0 Å². The van der Waals surface area contributed by atoms with Crippen LogP contribution in [0.15, 0.2) is 47.4 Å². The van der Waals surface area contributed by atoms with Gasteiger partial charge in [-0.05, 0) is 30.1 Å². The Morgan fingerprint density at radius 2 is 2.00 bits per heavy atom. The number of hydrogen-bond acceptors (Lipinski definition) is 5. The molecule has 0 atom stereocenters. The molecule has 0 aliphatic heterocycles. The zero-order valence-electron chi connectivity index (χ0n) is 11.8. The van der Waals surface area contributed by atoms with Gasteiger partial charge in [0.15, 0.2) is 4.96 Å². The second-order valence-corrected chi connectivity index (χ2v) is 6.68. The van der Waals surface area contributed by atoms with Gasteiger partial charge in [0.1, 0.15) is 5.69 Å². The van der Waals surface area contributed by atoms with Crippen molar-refractivity contribution in [2.45, 2.75) is 6.42 Å². The minimum atomic E-state index is 0.609. The summed E-state index contributed by atoms with van der Waals surface area (Å²) in [5.41, 5.74) is 10.4. The van der Waals surface area contributed by atoms with Gasteiger partial charge in [-0.15, -0.1) is 22.7 Å². The fourth-order valence-corrected chi connectivity index (χ4v) is 4.27. The highest BCUT2D eigenvalue weighted by Crippen LogP contribution is 2.34. The number of rotatable bonds is 4. The van der Waals surface area contributed by atoms with Gasteiger partial charge in [-0.25, -0.2) is 4.98 Å². The first-order valence-corrected chi connectivity index (χ1v) is 8.77. The highest BCUT2D eigenvalue weighted by atomic mass is 32.1. The van der Waals surface area contributed by atoms with Crippen molar-refractivity contribution in [3.8, 4) is 21.8 Å². The molecule has 110 valence electrons. The Morgan fingerprint density at radius 1 is 1.14 bits per heavy atom. The maximum atomic E-state index is 5.85. The molecule has 0 aliphatic rings. The molecule has 0 aromatic carbocycles. The van der Waals surface area contributed by atoms with Gasteiger partial charge in [-0.3, -0.25) is 9.38 Å². The Kier molecular flexibility index (Phi) is 3.49. The van der Waals surface area contributed by atoms with Gasteiger partial charge in [0.2, 0.25) is 0 Å². The first-order valence-electron chi connectivity index (χ1n) is 7.01. The third-order valence-corrected chi connectivity index (χ3v) is 5.27. The van der Waals surface area contributed by atoms with Gasteiger partial charge in [-0.2, -0.15) is 0 Å². The summed E-state index contributed by atoms with van der Waals surface area (Å²) in [5.74, 6) is 0. The van der Waals surface area contributed by atoms with Gasteiger partial charge in [0.05, 0.1) is 16.3 Å². The number of pyridine rings is 1. The second-order valence-electron chi connectivity index (χ2n) is 4.90. The lowest BCUT2D eigenvalue weighted by Crippen LogP contribution is -2.06. The molecule has 0 saturated carbocycles. The molecule has 22 heavy (non-hydrogen) atoms. The highest BCUT2D eigenvalue weighted by molar-refractivity contribution is 7.15. The van der Waals surface area contributed by atoms with Crippen molar-refractivity contribution in [2.24, 2.45) is 5.73 Å². The molecule has 4 aromatic heterocycles. The van der Waals surface area contributed by atoms with Gasteiger partial charge >= 0.3 is 0 Å². The standard InChI is InChI=1S/C16H14N4S2/c17-6-3-12-15(14-2-1-9-21-14)19-16-20(12)13(10-22-16)11-4-7-18-8-5-11/h1-2,4-5,7-10H,3,6,17H2. The minimum absolute atomic E-state index is 0.609. The number of aromatic nitrogens is 3. The summed E-state index contributed by atoms with van der Waals surface area (Å²) >= 11 is 3.38. The van der Waals surface area contributed by atoms with Crippen molar-refractivity contribution in [1.82, 2.24) is 14.4 Å². The van der Waals surface area contributed by atoms with E-state index in [9.17, 15) is 0 Å². The van der Waals surface area contributed by atoms with Crippen LogP contribution in [0.25, 0.3) is 26.8 Å². The van der Waals surface area contributed by atoms with Crippen LogP contribution in [0, 0.1) is 0 Å². The number of hydrogen-bond donors (Lipinski definition) is 1. The number of nitrogens with zero attached hydrogens (tertiary/aromatic N) is 3. The van der Waals surface area contributed by atoms with Crippen LogP contribution >= 0.6 is 22.7 Å². The van der Waals surface area contributed by atoms with E-state index in [1.54, 1.807) is 22.7 Å². The maximum Gasteiger partial charge on any atom is 0.194 e. The van der Waals surface area contributed by atoms with E-state index >= 15 is 0 Å². The zero-order valence-corrected chi connectivity index (χ0v) is 13.4. The lowest BCUT2D eigenvalue weighted by molar-refractivity contribution is 0.914. The molecule has 0 saturated heterocycles. The van der Waals surface area contributed by atoms with Gasteiger partial charge < -0.3 is 5.73 Å². The van der Waals surface area contributed by atoms with E-state index < -0.39 is 0 Å². The summed E-state index contributed by atoms with van der Waals surface area (Å²) in [5, 5.41) is 4.23. The molecule has 0 unspecified atom stereocenters. The molecule has 4 rings (SSSR count). The van der Waals surface area contributed by atoms with E-state index in [1.807, 2.05) is 24.5 Å². The van der Waals surface area contributed by atoms with Crippen molar-refractivity contribution >= 4 is 27.6 Å². The van der Waals surface area contributed by atoms with E-state index in [2.05, 4.69) is 32.3 Å². The Balaban J connectivity index is 1.97. The fraction of sp³-hybridized carbons (Fsp3) is 0.125. The summed E-state index contributed by atoms with van der Waals surface area (Å²) < 4.78 is 2.24. The zero-order chi connectivity index (χ0) is 14.9. The smallest absolute Gasteiger partial charge is 0.194 e. The molecule has 0 fully saturated rings. The van der Waals surface area contributed by atoms with Crippen molar-refractivity contribution in [2.75, 3.05) is 6.54 Å². The summed E-state index contributed by atoms with van der Waals surface area (Å²) in [6.45, 7) is 0.609. The van der Waals surface area contributed by atoms with E-state index in [1.165, 1.54) is 10.6 Å². The number of thiazole rings is 1. The van der Waals surface area contributed by atoms with Crippen LogP contribution in [0.3, 0.4) is 0 Å². The lowest BCUT2D eigenvalue weighted by Gasteiger charge is -2.05. The summed E-state index contributed by atoms with van der Waals surface area (Å²) in [6, 6.07) is 8.23. The average molecular weight is 326 g/mol. The first kappa shape index (κ1) is 13.6. The average Bonchev–Trinajstić information content (AvgIpc) is 3.25. The minimum Gasteiger partial charge on any atom is -0.330 e. The number of thiophene rings is 1. The molecule has 0 spiro atoms. The van der Waals surface area contributed by atoms with E-state index in [0.29, 0.717) is 6.54 Å². The van der Waals surface area contributed by atoms with Crippen LogP contribution in [-0.4, -0.2) is 20.9 Å². The predicted octanol–water partition coefficient (Wildman–Crippen LogP) is 3.69. The first-order chi connectivity index (χ1) is 10.9. The van der Waals surface area contributed by atoms with E-state index in [-0.39, 0.29) is 0 Å². The molecule has 4 heterocycles. The largest absolute Gasteiger partial charge is 0.330 e. The molecule has 0 bridgehead atoms. The molecule has 0 aliphatic carbocycles. The molecular formula is C16H14N4S2. The Bertz CT molecular complexity index is 891. The molecule has 0 amide bonds. The van der Waals surface area contributed by atoms with Crippen LogP contribution < -0.4 is 5.73 Å². The summed E-state index contributed by atoms with van der Waals surface area (Å²) in [4.78, 5) is 11.1. The van der Waals surface area contributed by atoms with Gasteiger partial charge in [0, 0.05) is 29.8 Å². The molecule has 4 aromatic rings. The SMILES string of the molecule is NCCc1c(-c2cccs2)nc2scc(-c3ccncc3)n12. The second kappa shape index (κ2) is 5.64. The predicted molar refractivity (Wildman–Crippen MR) is 92.4 cm³/mol. The molecule has 0 radical (unpaired) electrons. The molecule has 6 heteroatoms. The number of imidazole rings is 1. The third-order valence-electron chi connectivity index (χ3n) is 3.57. The highest BCUT2D eigenvalue weighted by Gasteiger charge is 2.18. The van der Waals surface area contributed by atoms with Crippen LogP contribution in [-0.2, 0) is 6.42 Å². The normalized spacial score (nSPS) is 11.3. The number of fused-ring (bicyclic) bond motifs is 1. The van der Waals surface area contributed by atoms with E-state index in [0.717, 1.165) is 28.3 Å². The maximum absolute atomic E-state index is 5.85. The number of nitrogens with two attached hydrogens (primary N) is 1. The molecule has 2 N–H and O–H groups in total. The monoisotopic (exact) mass is 326 g/mol. The third kappa shape index (κ3) is 2.16. The van der Waals surface area contributed by atoms with Crippen molar-refractivity contribution in [3.05, 3.63) is 53.1 Å². The van der Waals surface area contributed by atoms with Crippen molar-refractivity contribution in [1.29, 1.82) is 0 Å². The quantitative estimate of drug-likeness (QED) is 0.622. The summed E-state index contributed by atoms with van der Waals surface area (Å²) in [6.07, 6.45) is 4.44. The Labute approximate surface area is 135 Å². The molecule has 4 nitrogen and oxygen atoms in total. The molecular weight excluding hydrogens is 312 g/mol. The Hall–Kier alpha value is -2.02.